The molecule has 1 unspecified atom stereocenters. The van der Waals surface area contributed by atoms with Crippen LogP contribution >= 0.6 is 0 Å². The van der Waals surface area contributed by atoms with Crippen LogP contribution in [0.3, 0.4) is 0 Å². The molecule has 0 amide bonds. The van der Waals surface area contributed by atoms with Crippen molar-refractivity contribution in [1.82, 2.24) is 10.0 Å². The van der Waals surface area contributed by atoms with Crippen LogP contribution in [0.1, 0.15) is 36.5 Å². The Morgan fingerprint density at radius 2 is 2.10 bits per heavy atom. The van der Waals surface area contributed by atoms with Gasteiger partial charge in [-0.3, -0.25) is 4.79 Å². The number of hydrogen-bond acceptors (Lipinski definition) is 4. The Balaban J connectivity index is 2.17. The summed E-state index contributed by atoms with van der Waals surface area (Å²) in [6.07, 6.45) is 2.57. The van der Waals surface area contributed by atoms with Gasteiger partial charge in [-0.25, -0.2) is 13.1 Å². The van der Waals surface area contributed by atoms with Gasteiger partial charge in [0.05, 0.1) is 4.90 Å². The van der Waals surface area contributed by atoms with Gasteiger partial charge >= 0.3 is 0 Å². The largest absolute Gasteiger partial charge is 0.317 e. The lowest BCUT2D eigenvalue weighted by Crippen LogP contribution is -2.35. The van der Waals surface area contributed by atoms with E-state index < -0.39 is 10.0 Å². The number of nitrogens with one attached hydrogen (secondary N) is 2. The third-order valence-corrected chi connectivity index (χ3v) is 4.97. The van der Waals surface area contributed by atoms with E-state index in [9.17, 15) is 13.2 Å². The summed E-state index contributed by atoms with van der Waals surface area (Å²) in [5, 5.41) is 3.25. The van der Waals surface area contributed by atoms with Gasteiger partial charge < -0.3 is 5.32 Å². The minimum Gasteiger partial charge on any atom is -0.317 e. The molecule has 110 valence electrons. The van der Waals surface area contributed by atoms with Crippen molar-refractivity contribution in [2.75, 3.05) is 13.1 Å². The fourth-order valence-corrected chi connectivity index (χ4v) is 3.66. The molecule has 0 bridgehead atoms. The van der Waals surface area contributed by atoms with Crippen molar-refractivity contribution >= 4 is 15.8 Å². The van der Waals surface area contributed by atoms with Crippen molar-refractivity contribution in [2.45, 2.75) is 37.1 Å². The van der Waals surface area contributed by atoms with Crippen LogP contribution < -0.4 is 10.0 Å². The number of sulfonamides is 1. The first-order valence-electron chi connectivity index (χ1n) is 6.83. The molecule has 1 heterocycles. The average Bonchev–Trinajstić information content (AvgIpc) is 2.67. The first kappa shape index (κ1) is 15.2. The maximum Gasteiger partial charge on any atom is 0.240 e. The first-order valence-corrected chi connectivity index (χ1v) is 8.31. The highest BCUT2D eigenvalue weighted by Gasteiger charge is 2.21. The fraction of sp³-hybridized carbons (Fsp3) is 0.500. The summed E-state index contributed by atoms with van der Waals surface area (Å²) in [7, 11) is -3.56. The molecular formula is C14H20N2O3S. The number of hydrogen-bond donors (Lipinski definition) is 2. The van der Waals surface area contributed by atoms with Crippen molar-refractivity contribution in [3.8, 4) is 0 Å². The molecule has 2 N–H and O–H groups in total. The Kier molecular flexibility index (Phi) is 4.91. The summed E-state index contributed by atoms with van der Waals surface area (Å²) >= 11 is 0. The topological polar surface area (TPSA) is 75.3 Å². The molecule has 1 saturated heterocycles. The Bertz CT molecular complexity index is 576. The van der Waals surface area contributed by atoms with Gasteiger partial charge in [0.25, 0.3) is 0 Å². The molecule has 0 aromatic heterocycles. The first-order chi connectivity index (χ1) is 9.49. The zero-order chi connectivity index (χ0) is 14.6. The predicted molar refractivity (Wildman–Crippen MR) is 77.3 cm³/mol. The van der Waals surface area contributed by atoms with Crippen LogP contribution in [0.2, 0.25) is 0 Å². The van der Waals surface area contributed by atoms with Gasteiger partial charge in [-0.05, 0) is 51.4 Å². The molecule has 0 radical (unpaired) electrons. The maximum atomic E-state index is 12.3. The zero-order valence-electron chi connectivity index (χ0n) is 11.6. The molecule has 6 heteroatoms. The molecule has 20 heavy (non-hydrogen) atoms. The van der Waals surface area contributed by atoms with E-state index >= 15 is 0 Å². The Labute approximate surface area is 119 Å². The summed E-state index contributed by atoms with van der Waals surface area (Å²) in [6, 6.07) is 6.12. The van der Waals surface area contributed by atoms with Crippen molar-refractivity contribution in [3.63, 3.8) is 0 Å². The van der Waals surface area contributed by atoms with Crippen LogP contribution in [0.5, 0.6) is 0 Å². The van der Waals surface area contributed by atoms with Gasteiger partial charge in [0, 0.05) is 11.6 Å². The highest BCUT2D eigenvalue weighted by molar-refractivity contribution is 7.89. The SMILES string of the molecule is CC(=O)c1cccc(S(=O)(=O)NC2CCCNCC2)c1. The lowest BCUT2D eigenvalue weighted by molar-refractivity contribution is 0.101. The van der Waals surface area contributed by atoms with Crippen LogP contribution in [-0.2, 0) is 10.0 Å². The van der Waals surface area contributed by atoms with E-state index in [2.05, 4.69) is 10.0 Å². The van der Waals surface area contributed by atoms with E-state index in [0.717, 1.165) is 32.4 Å². The molecule has 1 aliphatic rings. The van der Waals surface area contributed by atoms with Gasteiger partial charge in [0.2, 0.25) is 10.0 Å². The Hall–Kier alpha value is -1.24. The lowest BCUT2D eigenvalue weighted by Gasteiger charge is -2.16. The van der Waals surface area contributed by atoms with Crippen molar-refractivity contribution in [3.05, 3.63) is 29.8 Å². The molecule has 0 aliphatic carbocycles. The van der Waals surface area contributed by atoms with Gasteiger partial charge in [-0.15, -0.1) is 0 Å². The summed E-state index contributed by atoms with van der Waals surface area (Å²) < 4.78 is 27.4. The third-order valence-electron chi connectivity index (χ3n) is 3.45. The molecule has 1 fully saturated rings. The molecule has 1 aliphatic heterocycles. The van der Waals surface area contributed by atoms with Crippen molar-refractivity contribution in [2.24, 2.45) is 0 Å². The molecule has 1 aromatic rings. The van der Waals surface area contributed by atoms with E-state index in [0.29, 0.717) is 5.56 Å². The Morgan fingerprint density at radius 1 is 1.30 bits per heavy atom. The molecule has 0 saturated carbocycles. The standard InChI is InChI=1S/C14H20N2O3S/c1-11(17)12-4-2-6-14(10-12)20(18,19)16-13-5-3-8-15-9-7-13/h2,4,6,10,13,15-16H,3,5,7-9H2,1H3. The van der Waals surface area contributed by atoms with Crippen LogP contribution in [0, 0.1) is 0 Å². The fourth-order valence-electron chi connectivity index (χ4n) is 2.31. The molecule has 0 spiro atoms. The van der Waals surface area contributed by atoms with Gasteiger partial charge in [-0.2, -0.15) is 0 Å². The van der Waals surface area contributed by atoms with Crippen LogP contribution in [0.15, 0.2) is 29.2 Å². The predicted octanol–water partition coefficient (Wildman–Crippen LogP) is 1.31. The Morgan fingerprint density at radius 3 is 2.85 bits per heavy atom. The summed E-state index contributed by atoms with van der Waals surface area (Å²) in [5.74, 6) is -0.138. The van der Waals surface area contributed by atoms with Gasteiger partial charge in [0.1, 0.15) is 0 Å². The maximum absolute atomic E-state index is 12.3. The smallest absolute Gasteiger partial charge is 0.240 e. The second-order valence-corrected chi connectivity index (χ2v) is 6.80. The van der Waals surface area contributed by atoms with Crippen LogP contribution in [0.4, 0.5) is 0 Å². The summed E-state index contributed by atoms with van der Waals surface area (Å²) in [6.45, 7) is 3.18. The summed E-state index contributed by atoms with van der Waals surface area (Å²) in [4.78, 5) is 11.5. The van der Waals surface area contributed by atoms with E-state index in [1.165, 1.54) is 19.1 Å². The van der Waals surface area contributed by atoms with E-state index in [1.54, 1.807) is 12.1 Å². The molecule has 2 rings (SSSR count). The van der Waals surface area contributed by atoms with Gasteiger partial charge in [-0.1, -0.05) is 12.1 Å². The van der Waals surface area contributed by atoms with Crippen LogP contribution in [-0.4, -0.2) is 33.3 Å². The van der Waals surface area contributed by atoms with Crippen molar-refractivity contribution < 1.29 is 13.2 Å². The number of ketones is 1. The molecule has 5 nitrogen and oxygen atoms in total. The number of carbonyl (C=O) groups is 1. The monoisotopic (exact) mass is 296 g/mol. The molecule has 1 aromatic carbocycles. The van der Waals surface area contributed by atoms with Crippen LogP contribution in [0.25, 0.3) is 0 Å². The quantitative estimate of drug-likeness (QED) is 0.822. The number of benzene rings is 1. The number of carbonyl (C=O) groups excluding carboxylic acids is 1. The highest BCUT2D eigenvalue weighted by atomic mass is 32.2. The average molecular weight is 296 g/mol. The zero-order valence-corrected chi connectivity index (χ0v) is 12.4. The third kappa shape index (κ3) is 3.88. The van der Waals surface area contributed by atoms with E-state index in [-0.39, 0.29) is 16.7 Å². The number of Topliss-reactive ketones (excluding diaryl/α,β-unsaturated/α-hetero) is 1. The highest BCUT2D eigenvalue weighted by Crippen LogP contribution is 2.15. The second-order valence-electron chi connectivity index (χ2n) is 5.08. The molecule has 1 atom stereocenters. The van der Waals surface area contributed by atoms with Gasteiger partial charge in [0.15, 0.2) is 5.78 Å². The lowest BCUT2D eigenvalue weighted by atomic mass is 10.1. The minimum absolute atomic E-state index is 0.0454. The molecular weight excluding hydrogens is 276 g/mol. The van der Waals surface area contributed by atoms with Crippen molar-refractivity contribution in [1.29, 1.82) is 0 Å². The second kappa shape index (κ2) is 6.47. The minimum atomic E-state index is -3.56. The van der Waals surface area contributed by atoms with E-state index in [1.807, 2.05) is 0 Å². The van der Waals surface area contributed by atoms with E-state index in [4.69, 9.17) is 0 Å². The normalized spacial score (nSPS) is 20.4. The summed E-state index contributed by atoms with van der Waals surface area (Å²) in [5.41, 5.74) is 0.412. The number of rotatable bonds is 4.